The first-order valence-electron chi connectivity index (χ1n) is 6.55. The number of rotatable bonds is 6. The number of benzene rings is 2. The number of ether oxygens (including phenoxy) is 2. The Kier molecular flexibility index (Phi) is 5.14. The number of hydrogen-bond donors (Lipinski definition) is 1. The molecule has 0 heterocycles. The molecular formula is C17H15FO4. The minimum atomic E-state index is -1.04. The fourth-order valence-corrected chi connectivity index (χ4v) is 1.85. The summed E-state index contributed by atoms with van der Waals surface area (Å²) in [5, 5.41) is 8.64. The molecular weight excluding hydrogens is 287 g/mol. The molecule has 4 nitrogen and oxygen atoms in total. The molecule has 0 aromatic heterocycles. The minimum Gasteiger partial charge on any atom is -0.493 e. The van der Waals surface area contributed by atoms with E-state index < -0.39 is 5.97 Å². The number of hydrogen-bond acceptors (Lipinski definition) is 3. The third-order valence-electron chi connectivity index (χ3n) is 2.95. The molecule has 0 amide bonds. The third kappa shape index (κ3) is 4.09. The van der Waals surface area contributed by atoms with Crippen LogP contribution >= 0.6 is 0 Å². The van der Waals surface area contributed by atoms with Gasteiger partial charge in [-0.15, -0.1) is 0 Å². The Morgan fingerprint density at radius 3 is 2.68 bits per heavy atom. The van der Waals surface area contributed by atoms with Crippen molar-refractivity contribution in [1.29, 1.82) is 0 Å². The van der Waals surface area contributed by atoms with Crippen molar-refractivity contribution >= 4 is 12.0 Å². The van der Waals surface area contributed by atoms with Crippen molar-refractivity contribution in [2.45, 2.75) is 6.61 Å². The summed E-state index contributed by atoms with van der Waals surface area (Å²) in [7, 11) is 1.50. The van der Waals surface area contributed by atoms with Crippen molar-refractivity contribution in [1.82, 2.24) is 0 Å². The molecule has 0 saturated carbocycles. The quantitative estimate of drug-likeness (QED) is 0.830. The first kappa shape index (κ1) is 15.6. The Balaban J connectivity index is 2.19. The lowest BCUT2D eigenvalue weighted by atomic mass is 10.2. The molecule has 0 atom stereocenters. The van der Waals surface area contributed by atoms with Gasteiger partial charge in [0.1, 0.15) is 12.4 Å². The molecule has 0 unspecified atom stereocenters. The zero-order valence-electron chi connectivity index (χ0n) is 12.0. The Bertz CT molecular complexity index is 695. The Labute approximate surface area is 127 Å². The largest absolute Gasteiger partial charge is 0.493 e. The van der Waals surface area contributed by atoms with Gasteiger partial charge in [-0.3, -0.25) is 0 Å². The van der Waals surface area contributed by atoms with Gasteiger partial charge in [-0.2, -0.15) is 0 Å². The molecule has 0 bridgehead atoms. The fourth-order valence-electron chi connectivity index (χ4n) is 1.85. The van der Waals surface area contributed by atoms with Gasteiger partial charge in [0.2, 0.25) is 0 Å². The topological polar surface area (TPSA) is 55.8 Å². The van der Waals surface area contributed by atoms with Crippen LogP contribution in [0.25, 0.3) is 6.08 Å². The number of aliphatic carboxylic acids is 1. The second kappa shape index (κ2) is 7.26. The summed E-state index contributed by atoms with van der Waals surface area (Å²) in [6.07, 6.45) is 2.47. The molecule has 0 aliphatic heterocycles. The second-order valence-corrected chi connectivity index (χ2v) is 4.46. The van der Waals surface area contributed by atoms with Gasteiger partial charge in [-0.25, -0.2) is 9.18 Å². The van der Waals surface area contributed by atoms with Crippen LogP contribution in [0.2, 0.25) is 0 Å². The Morgan fingerprint density at radius 1 is 1.23 bits per heavy atom. The monoisotopic (exact) mass is 302 g/mol. The first-order chi connectivity index (χ1) is 10.6. The van der Waals surface area contributed by atoms with Gasteiger partial charge in [-0.1, -0.05) is 24.3 Å². The third-order valence-corrected chi connectivity index (χ3v) is 2.95. The molecule has 0 aliphatic carbocycles. The van der Waals surface area contributed by atoms with Crippen LogP contribution < -0.4 is 9.47 Å². The molecule has 114 valence electrons. The summed E-state index contributed by atoms with van der Waals surface area (Å²) in [6.45, 7) is 0.0507. The van der Waals surface area contributed by atoms with Crippen LogP contribution in [0.1, 0.15) is 11.1 Å². The zero-order chi connectivity index (χ0) is 15.9. The normalized spacial score (nSPS) is 10.6. The van der Waals surface area contributed by atoms with E-state index in [1.54, 1.807) is 36.4 Å². The zero-order valence-corrected chi connectivity index (χ0v) is 12.0. The van der Waals surface area contributed by atoms with Crippen LogP contribution in [-0.2, 0) is 11.4 Å². The summed E-state index contributed by atoms with van der Waals surface area (Å²) in [5.41, 5.74) is 1.07. The predicted molar refractivity (Wildman–Crippen MR) is 80.4 cm³/mol. The van der Waals surface area contributed by atoms with E-state index >= 15 is 0 Å². The Morgan fingerprint density at radius 2 is 2.00 bits per heavy atom. The molecule has 0 aliphatic rings. The number of halogens is 1. The summed E-state index contributed by atoms with van der Waals surface area (Å²) < 4.78 is 24.4. The molecule has 2 rings (SSSR count). The van der Waals surface area contributed by atoms with Crippen LogP contribution in [0.5, 0.6) is 11.5 Å². The van der Waals surface area contributed by atoms with Gasteiger partial charge in [0.15, 0.2) is 11.5 Å². The maximum Gasteiger partial charge on any atom is 0.328 e. The molecule has 22 heavy (non-hydrogen) atoms. The summed E-state index contributed by atoms with van der Waals surface area (Å²) in [6, 6.07) is 11.3. The van der Waals surface area contributed by atoms with E-state index in [0.29, 0.717) is 22.6 Å². The molecule has 2 aromatic rings. The standard InChI is InChI=1S/C17H15FO4/c1-21-15-8-6-12(7-9-17(19)20)10-16(15)22-11-13-4-2-3-5-14(13)18/h2-10H,11H2,1H3,(H,19,20)/b9-7+. The van der Waals surface area contributed by atoms with Crippen molar-refractivity contribution in [2.24, 2.45) is 0 Å². The molecule has 2 aromatic carbocycles. The van der Waals surface area contributed by atoms with Crippen LogP contribution in [0.15, 0.2) is 48.5 Å². The fraction of sp³-hybridized carbons (Fsp3) is 0.118. The molecule has 0 saturated heterocycles. The van der Waals surface area contributed by atoms with E-state index in [0.717, 1.165) is 6.08 Å². The highest BCUT2D eigenvalue weighted by Gasteiger charge is 2.07. The lowest BCUT2D eigenvalue weighted by Crippen LogP contribution is -2.00. The van der Waals surface area contributed by atoms with E-state index in [-0.39, 0.29) is 12.4 Å². The van der Waals surface area contributed by atoms with Crippen LogP contribution in [-0.4, -0.2) is 18.2 Å². The maximum absolute atomic E-state index is 13.6. The molecule has 0 radical (unpaired) electrons. The van der Waals surface area contributed by atoms with Gasteiger partial charge in [0, 0.05) is 11.6 Å². The van der Waals surface area contributed by atoms with Crippen molar-refractivity contribution < 1.29 is 23.8 Å². The highest BCUT2D eigenvalue weighted by molar-refractivity contribution is 5.85. The molecule has 1 N–H and O–H groups in total. The lowest BCUT2D eigenvalue weighted by molar-refractivity contribution is -0.131. The summed E-state index contributed by atoms with van der Waals surface area (Å²) in [4.78, 5) is 10.5. The average Bonchev–Trinajstić information content (AvgIpc) is 2.52. The summed E-state index contributed by atoms with van der Waals surface area (Å²) in [5.74, 6) is -0.477. The number of methoxy groups -OCH3 is 1. The van der Waals surface area contributed by atoms with Crippen LogP contribution in [0.3, 0.4) is 0 Å². The maximum atomic E-state index is 13.6. The van der Waals surface area contributed by atoms with E-state index in [9.17, 15) is 9.18 Å². The van der Waals surface area contributed by atoms with E-state index in [4.69, 9.17) is 14.6 Å². The summed E-state index contributed by atoms with van der Waals surface area (Å²) >= 11 is 0. The van der Waals surface area contributed by atoms with E-state index in [2.05, 4.69) is 0 Å². The smallest absolute Gasteiger partial charge is 0.328 e. The van der Waals surface area contributed by atoms with Crippen molar-refractivity contribution in [2.75, 3.05) is 7.11 Å². The van der Waals surface area contributed by atoms with Crippen molar-refractivity contribution in [3.05, 3.63) is 65.5 Å². The van der Waals surface area contributed by atoms with Crippen LogP contribution in [0.4, 0.5) is 4.39 Å². The molecule has 5 heteroatoms. The van der Waals surface area contributed by atoms with Crippen molar-refractivity contribution in [3.63, 3.8) is 0 Å². The SMILES string of the molecule is COc1ccc(/C=C/C(=O)O)cc1OCc1ccccc1F. The van der Waals surface area contributed by atoms with Gasteiger partial charge >= 0.3 is 5.97 Å². The second-order valence-electron chi connectivity index (χ2n) is 4.46. The van der Waals surface area contributed by atoms with Crippen molar-refractivity contribution in [3.8, 4) is 11.5 Å². The number of carboxylic acids is 1. The highest BCUT2D eigenvalue weighted by atomic mass is 19.1. The molecule has 0 fully saturated rings. The molecule has 0 spiro atoms. The van der Waals surface area contributed by atoms with Gasteiger partial charge in [0.25, 0.3) is 0 Å². The van der Waals surface area contributed by atoms with Gasteiger partial charge in [0.05, 0.1) is 7.11 Å². The van der Waals surface area contributed by atoms with E-state index in [1.165, 1.54) is 19.3 Å². The van der Waals surface area contributed by atoms with Crippen LogP contribution in [0, 0.1) is 5.82 Å². The van der Waals surface area contributed by atoms with E-state index in [1.807, 2.05) is 0 Å². The van der Waals surface area contributed by atoms with Gasteiger partial charge < -0.3 is 14.6 Å². The number of carboxylic acid groups (broad SMARTS) is 1. The Hall–Kier alpha value is -2.82. The highest BCUT2D eigenvalue weighted by Crippen LogP contribution is 2.29. The predicted octanol–water partition coefficient (Wildman–Crippen LogP) is 3.51. The first-order valence-corrected chi connectivity index (χ1v) is 6.55. The van der Waals surface area contributed by atoms with Gasteiger partial charge in [-0.05, 0) is 29.8 Å². The minimum absolute atomic E-state index is 0.0507. The number of carbonyl (C=O) groups is 1. The average molecular weight is 302 g/mol. The lowest BCUT2D eigenvalue weighted by Gasteiger charge is -2.12.